The molecule has 76 valence electrons. The highest BCUT2D eigenvalue weighted by atomic mass is 35.5. The molecule has 0 bridgehead atoms. The summed E-state index contributed by atoms with van der Waals surface area (Å²) in [6.07, 6.45) is 0. The number of carbonyl (C=O) groups is 1. The lowest BCUT2D eigenvalue weighted by molar-refractivity contribution is -0.141. The molecule has 2 N–H and O–H groups in total. The second kappa shape index (κ2) is 3.88. The minimum absolute atomic E-state index is 0.0741. The van der Waals surface area contributed by atoms with Gasteiger partial charge in [-0.15, -0.1) is 11.3 Å². The van der Waals surface area contributed by atoms with Crippen molar-refractivity contribution in [2.24, 2.45) is 5.92 Å². The molecule has 0 amide bonds. The molecule has 1 saturated heterocycles. The molecule has 0 unspecified atom stereocenters. The Kier molecular flexibility index (Phi) is 2.76. The zero-order valence-electron chi connectivity index (χ0n) is 7.37. The molecule has 1 aliphatic heterocycles. The summed E-state index contributed by atoms with van der Waals surface area (Å²) in [4.78, 5) is 12.0. The predicted molar refractivity (Wildman–Crippen MR) is 56.1 cm³/mol. The lowest BCUT2D eigenvalue weighted by Crippen LogP contribution is -2.20. The second-order valence-corrected chi connectivity index (χ2v) is 5.10. The molecule has 14 heavy (non-hydrogen) atoms. The van der Waals surface area contributed by atoms with Crippen molar-refractivity contribution < 1.29 is 9.90 Å². The van der Waals surface area contributed by atoms with Crippen molar-refractivity contribution in [2.75, 3.05) is 13.1 Å². The average Bonchev–Trinajstić information content (AvgIpc) is 2.70. The van der Waals surface area contributed by atoms with Crippen LogP contribution >= 0.6 is 22.9 Å². The maximum Gasteiger partial charge on any atom is 0.308 e. The van der Waals surface area contributed by atoms with Crippen LogP contribution < -0.4 is 5.32 Å². The normalized spacial score (nSPS) is 26.6. The first-order chi connectivity index (χ1) is 6.68. The van der Waals surface area contributed by atoms with Crippen molar-refractivity contribution in [3.05, 3.63) is 21.3 Å². The molecule has 0 radical (unpaired) electrons. The van der Waals surface area contributed by atoms with Gasteiger partial charge in [-0.2, -0.15) is 0 Å². The minimum atomic E-state index is -0.732. The molecular formula is C9H10ClNO2S. The Hall–Kier alpha value is -0.580. The zero-order valence-corrected chi connectivity index (χ0v) is 8.94. The van der Waals surface area contributed by atoms with Crippen LogP contribution in [0.2, 0.25) is 4.34 Å². The van der Waals surface area contributed by atoms with Crippen LogP contribution in [0.3, 0.4) is 0 Å². The molecule has 5 heteroatoms. The van der Waals surface area contributed by atoms with E-state index in [1.54, 1.807) is 0 Å². The smallest absolute Gasteiger partial charge is 0.308 e. The molecule has 0 spiro atoms. The van der Waals surface area contributed by atoms with E-state index in [-0.39, 0.29) is 11.8 Å². The summed E-state index contributed by atoms with van der Waals surface area (Å²) in [5, 5.41) is 12.1. The quantitative estimate of drug-likeness (QED) is 0.816. The lowest BCUT2D eigenvalue weighted by Gasteiger charge is -2.11. The highest BCUT2D eigenvalue weighted by Gasteiger charge is 2.34. The third-order valence-corrected chi connectivity index (χ3v) is 3.85. The van der Waals surface area contributed by atoms with Gasteiger partial charge >= 0.3 is 5.97 Å². The maximum atomic E-state index is 10.9. The number of carboxylic acids is 1. The van der Waals surface area contributed by atoms with E-state index < -0.39 is 5.97 Å². The fraction of sp³-hybridized carbons (Fsp3) is 0.444. The highest BCUT2D eigenvalue weighted by molar-refractivity contribution is 7.16. The largest absolute Gasteiger partial charge is 0.481 e. The third-order valence-electron chi connectivity index (χ3n) is 2.49. The SMILES string of the molecule is O=C(O)[C@H]1CNC[C@H]1c1ccc(Cl)s1. The number of thiophene rings is 1. The van der Waals surface area contributed by atoms with E-state index in [1.165, 1.54) is 11.3 Å². The minimum Gasteiger partial charge on any atom is -0.481 e. The summed E-state index contributed by atoms with van der Waals surface area (Å²) in [6.45, 7) is 1.28. The maximum absolute atomic E-state index is 10.9. The Labute approximate surface area is 90.7 Å². The number of hydrogen-bond acceptors (Lipinski definition) is 3. The molecule has 3 nitrogen and oxygen atoms in total. The fourth-order valence-electron chi connectivity index (χ4n) is 1.76. The van der Waals surface area contributed by atoms with E-state index in [2.05, 4.69) is 5.32 Å². The number of hydrogen-bond donors (Lipinski definition) is 2. The van der Waals surface area contributed by atoms with Gasteiger partial charge in [-0.3, -0.25) is 4.79 Å². The van der Waals surface area contributed by atoms with Gasteiger partial charge in [-0.05, 0) is 12.1 Å². The Balaban J connectivity index is 2.21. The Morgan fingerprint density at radius 3 is 2.93 bits per heavy atom. The standard InChI is InChI=1S/C9H10ClNO2S/c10-8-2-1-7(14-8)5-3-11-4-6(5)9(12)13/h1-2,5-6,11H,3-4H2,(H,12,13)/t5-,6+/m1/s1. The number of halogens is 1. The van der Waals surface area contributed by atoms with Gasteiger partial charge in [0.1, 0.15) is 0 Å². The van der Waals surface area contributed by atoms with E-state index in [0.29, 0.717) is 6.54 Å². The van der Waals surface area contributed by atoms with Crippen LogP contribution in [0.25, 0.3) is 0 Å². The van der Waals surface area contributed by atoms with Crippen molar-refractivity contribution in [3.63, 3.8) is 0 Å². The molecule has 2 heterocycles. The summed E-state index contributed by atoms with van der Waals surface area (Å²) in [6, 6.07) is 3.74. The average molecular weight is 232 g/mol. The van der Waals surface area contributed by atoms with Crippen LogP contribution in [0, 0.1) is 5.92 Å². The molecule has 2 rings (SSSR count). The summed E-state index contributed by atoms with van der Waals surface area (Å²) in [5.74, 6) is -0.973. The van der Waals surface area contributed by atoms with Gasteiger partial charge in [-0.1, -0.05) is 11.6 Å². The van der Waals surface area contributed by atoms with Gasteiger partial charge in [0.15, 0.2) is 0 Å². The Morgan fingerprint density at radius 1 is 1.57 bits per heavy atom. The summed E-state index contributed by atoms with van der Waals surface area (Å²) < 4.78 is 0.719. The van der Waals surface area contributed by atoms with Crippen molar-refractivity contribution >= 4 is 28.9 Å². The van der Waals surface area contributed by atoms with Gasteiger partial charge in [0.2, 0.25) is 0 Å². The van der Waals surface area contributed by atoms with E-state index in [4.69, 9.17) is 16.7 Å². The first kappa shape index (κ1) is 9.96. The summed E-state index contributed by atoms with van der Waals surface area (Å²) >= 11 is 7.29. The molecule has 2 atom stereocenters. The molecule has 0 aliphatic carbocycles. The van der Waals surface area contributed by atoms with Crippen LogP contribution in [0.15, 0.2) is 12.1 Å². The van der Waals surface area contributed by atoms with Crippen LogP contribution in [0.1, 0.15) is 10.8 Å². The van der Waals surface area contributed by atoms with Gasteiger partial charge in [-0.25, -0.2) is 0 Å². The summed E-state index contributed by atoms with van der Waals surface area (Å²) in [5.41, 5.74) is 0. The van der Waals surface area contributed by atoms with E-state index in [0.717, 1.165) is 15.8 Å². The molecular weight excluding hydrogens is 222 g/mol. The Bertz CT molecular complexity index is 352. The lowest BCUT2D eigenvalue weighted by atomic mass is 9.95. The second-order valence-electron chi connectivity index (χ2n) is 3.35. The van der Waals surface area contributed by atoms with Crippen molar-refractivity contribution in [3.8, 4) is 0 Å². The molecule has 1 aromatic rings. The van der Waals surface area contributed by atoms with Crippen LogP contribution in [0.5, 0.6) is 0 Å². The highest BCUT2D eigenvalue weighted by Crippen LogP contribution is 2.34. The fourth-order valence-corrected chi connectivity index (χ4v) is 2.99. The zero-order chi connectivity index (χ0) is 10.1. The molecule has 0 aromatic carbocycles. The topological polar surface area (TPSA) is 49.3 Å². The van der Waals surface area contributed by atoms with Gasteiger partial charge in [0.25, 0.3) is 0 Å². The van der Waals surface area contributed by atoms with Gasteiger partial charge in [0, 0.05) is 23.9 Å². The van der Waals surface area contributed by atoms with Crippen molar-refractivity contribution in [2.45, 2.75) is 5.92 Å². The molecule has 1 aromatic heterocycles. The molecule has 1 aliphatic rings. The van der Waals surface area contributed by atoms with Crippen LogP contribution in [-0.4, -0.2) is 24.2 Å². The monoisotopic (exact) mass is 231 g/mol. The van der Waals surface area contributed by atoms with Crippen molar-refractivity contribution in [1.82, 2.24) is 5.32 Å². The first-order valence-corrected chi connectivity index (χ1v) is 5.56. The van der Waals surface area contributed by atoms with E-state index in [1.807, 2.05) is 12.1 Å². The molecule has 0 saturated carbocycles. The van der Waals surface area contributed by atoms with E-state index >= 15 is 0 Å². The van der Waals surface area contributed by atoms with E-state index in [9.17, 15) is 4.79 Å². The number of carboxylic acid groups (broad SMARTS) is 1. The third kappa shape index (κ3) is 1.78. The number of nitrogens with one attached hydrogen (secondary N) is 1. The van der Waals surface area contributed by atoms with Gasteiger partial charge in [0.05, 0.1) is 10.3 Å². The van der Waals surface area contributed by atoms with Crippen LogP contribution in [0.4, 0.5) is 0 Å². The Morgan fingerprint density at radius 2 is 2.36 bits per heavy atom. The number of rotatable bonds is 2. The first-order valence-electron chi connectivity index (χ1n) is 4.37. The van der Waals surface area contributed by atoms with Crippen LogP contribution in [-0.2, 0) is 4.79 Å². The van der Waals surface area contributed by atoms with Crippen molar-refractivity contribution in [1.29, 1.82) is 0 Å². The van der Waals surface area contributed by atoms with Gasteiger partial charge < -0.3 is 10.4 Å². The molecule has 1 fully saturated rings. The summed E-state index contributed by atoms with van der Waals surface area (Å²) in [7, 11) is 0. The number of aliphatic carboxylic acids is 1. The predicted octanol–water partition coefficient (Wildman–Crippen LogP) is 1.79.